The minimum absolute atomic E-state index is 0.0389. The predicted molar refractivity (Wildman–Crippen MR) is 112 cm³/mol. The Labute approximate surface area is 192 Å². The first-order valence-electron chi connectivity index (χ1n) is 10.8. The maximum atomic E-state index is 12.9. The number of carbonyl (C=O) groups is 2. The van der Waals surface area contributed by atoms with Gasteiger partial charge in [0.15, 0.2) is 6.29 Å². The van der Waals surface area contributed by atoms with Crippen molar-refractivity contribution in [3.8, 4) is 11.4 Å². The Balaban J connectivity index is 1.46. The van der Waals surface area contributed by atoms with E-state index in [4.69, 9.17) is 0 Å². The molecule has 34 heavy (non-hydrogen) atoms. The molecule has 184 valence electrons. The topological polar surface area (TPSA) is 106 Å². The molecule has 0 aliphatic carbocycles. The van der Waals surface area contributed by atoms with Crippen LogP contribution < -0.4 is 10.4 Å². The van der Waals surface area contributed by atoms with Gasteiger partial charge in [-0.1, -0.05) is 6.07 Å². The van der Waals surface area contributed by atoms with Crippen LogP contribution in [-0.2, 0) is 4.79 Å². The molecule has 0 saturated carbocycles. The van der Waals surface area contributed by atoms with Crippen LogP contribution in [0.15, 0.2) is 29.1 Å². The van der Waals surface area contributed by atoms with Crippen LogP contribution in [0.5, 0.6) is 5.75 Å². The van der Waals surface area contributed by atoms with E-state index in [1.807, 2.05) is 11.8 Å². The zero-order valence-corrected chi connectivity index (χ0v) is 18.4. The number of rotatable bonds is 5. The minimum atomic E-state index is -4.89. The summed E-state index contributed by atoms with van der Waals surface area (Å²) >= 11 is 0. The Hall–Kier alpha value is -3.26. The van der Waals surface area contributed by atoms with Crippen LogP contribution >= 0.6 is 0 Å². The average molecular weight is 483 g/mol. The number of carbonyl (C=O) groups excluding carboxylic acids is 2. The third-order valence-electron chi connectivity index (χ3n) is 6.22. The number of aldehydes is 1. The van der Waals surface area contributed by atoms with Gasteiger partial charge < -0.3 is 9.64 Å². The Bertz CT molecular complexity index is 1100. The number of amides is 1. The van der Waals surface area contributed by atoms with Crippen molar-refractivity contribution in [3.05, 3.63) is 34.7 Å². The summed E-state index contributed by atoms with van der Waals surface area (Å²) in [5.41, 5.74) is -1.72. The highest BCUT2D eigenvalue weighted by Crippen LogP contribution is 2.25. The van der Waals surface area contributed by atoms with Gasteiger partial charge in [0.1, 0.15) is 11.4 Å². The Morgan fingerprint density at radius 2 is 1.68 bits per heavy atom. The lowest BCUT2D eigenvalue weighted by Gasteiger charge is -2.47. The van der Waals surface area contributed by atoms with Crippen molar-refractivity contribution < 1.29 is 27.5 Å². The summed E-state index contributed by atoms with van der Waals surface area (Å²) in [5, 5.41) is 7.23. The van der Waals surface area contributed by atoms with Gasteiger partial charge in [-0.25, -0.2) is 9.59 Å². The number of nitrogens with zero attached hydrogens (tertiary/aromatic N) is 7. The van der Waals surface area contributed by atoms with E-state index in [1.54, 1.807) is 0 Å². The van der Waals surface area contributed by atoms with Crippen molar-refractivity contribution in [1.29, 1.82) is 0 Å². The van der Waals surface area contributed by atoms with Crippen LogP contribution in [0, 0.1) is 0 Å². The van der Waals surface area contributed by atoms with Crippen LogP contribution in [0.3, 0.4) is 0 Å². The van der Waals surface area contributed by atoms with E-state index in [1.165, 1.54) is 17.0 Å². The van der Waals surface area contributed by atoms with Crippen molar-refractivity contribution in [2.24, 2.45) is 0 Å². The first-order valence-corrected chi connectivity index (χ1v) is 10.8. The zero-order chi connectivity index (χ0) is 24.5. The Morgan fingerprint density at radius 3 is 2.29 bits per heavy atom. The van der Waals surface area contributed by atoms with E-state index in [9.17, 15) is 27.6 Å². The molecule has 0 radical (unpaired) electrons. The molecule has 2 fully saturated rings. The Kier molecular flexibility index (Phi) is 6.45. The number of hydrogen-bond donors (Lipinski definition) is 0. The van der Waals surface area contributed by atoms with Crippen LogP contribution in [0.2, 0.25) is 0 Å². The van der Waals surface area contributed by atoms with Gasteiger partial charge in [0, 0.05) is 45.3 Å². The first kappa shape index (κ1) is 23.9. The fourth-order valence-corrected chi connectivity index (χ4v) is 4.34. The fourth-order valence-electron chi connectivity index (χ4n) is 4.34. The summed E-state index contributed by atoms with van der Waals surface area (Å²) in [5.74, 6) is -0.537. The highest BCUT2D eigenvalue weighted by atomic mass is 19.4. The normalized spacial score (nSPS) is 19.7. The SMILES string of the molecule is CC(C=O)(N1CCCC1)N1CCN(C(=O)n2nnn(-c3cccc(OC(F)(F)F)c3)c2=O)CC1. The monoisotopic (exact) mass is 483 g/mol. The number of halogens is 3. The second-order valence-corrected chi connectivity index (χ2v) is 8.29. The Morgan fingerprint density at radius 1 is 1.03 bits per heavy atom. The van der Waals surface area contributed by atoms with Gasteiger partial charge in [0.05, 0.1) is 5.69 Å². The molecule has 2 aliphatic rings. The van der Waals surface area contributed by atoms with Gasteiger partial charge in [-0.05, 0) is 42.3 Å². The molecule has 2 aromatic rings. The molecule has 2 aliphatic heterocycles. The van der Waals surface area contributed by atoms with Crippen molar-refractivity contribution in [3.63, 3.8) is 0 Å². The molecule has 1 aromatic heterocycles. The molecular formula is C20H24F3N7O4. The van der Waals surface area contributed by atoms with Gasteiger partial charge in [0.2, 0.25) is 0 Å². The molecule has 1 aromatic carbocycles. The first-order chi connectivity index (χ1) is 16.1. The maximum Gasteiger partial charge on any atom is 0.573 e. The van der Waals surface area contributed by atoms with Crippen LogP contribution in [0.4, 0.5) is 18.0 Å². The number of piperazine rings is 1. The summed E-state index contributed by atoms with van der Waals surface area (Å²) in [6.07, 6.45) is -1.89. The molecule has 2 saturated heterocycles. The number of ether oxygens (including phenoxy) is 1. The van der Waals surface area contributed by atoms with Gasteiger partial charge >= 0.3 is 18.1 Å². The quantitative estimate of drug-likeness (QED) is 0.457. The molecule has 0 N–H and O–H groups in total. The third kappa shape index (κ3) is 4.68. The third-order valence-corrected chi connectivity index (χ3v) is 6.22. The van der Waals surface area contributed by atoms with E-state index < -0.39 is 29.5 Å². The van der Waals surface area contributed by atoms with Crippen molar-refractivity contribution in [2.45, 2.75) is 31.8 Å². The molecule has 1 atom stereocenters. The molecule has 0 bridgehead atoms. The van der Waals surface area contributed by atoms with E-state index in [2.05, 4.69) is 20.1 Å². The summed E-state index contributed by atoms with van der Waals surface area (Å²) in [4.78, 5) is 43.1. The number of likely N-dealkylation sites (tertiary alicyclic amines) is 1. The standard InChI is InChI=1S/C20H24F3N7O4/c1-19(14-31,27-7-2-3-8-27)28-11-9-26(10-12-28)17(32)30-18(33)29(24-25-30)15-5-4-6-16(13-15)34-20(21,22)23/h4-6,13-14H,2-3,7-12H2,1H3. The van der Waals surface area contributed by atoms with Crippen LogP contribution in [-0.4, -0.2) is 98.1 Å². The predicted octanol–water partition coefficient (Wildman–Crippen LogP) is 0.924. The summed E-state index contributed by atoms with van der Waals surface area (Å²) in [7, 11) is 0. The van der Waals surface area contributed by atoms with Gasteiger partial charge in [0.25, 0.3) is 0 Å². The number of aromatic nitrogens is 4. The van der Waals surface area contributed by atoms with Crippen molar-refractivity contribution in [2.75, 3.05) is 39.3 Å². The zero-order valence-electron chi connectivity index (χ0n) is 18.4. The lowest BCUT2D eigenvalue weighted by Crippen LogP contribution is -2.64. The smallest absolute Gasteiger partial charge is 0.406 e. The molecule has 3 heterocycles. The lowest BCUT2D eigenvalue weighted by molar-refractivity contribution is -0.274. The number of alkyl halides is 3. The maximum absolute atomic E-state index is 12.9. The number of tetrazole rings is 1. The molecule has 1 unspecified atom stereocenters. The van der Waals surface area contributed by atoms with Gasteiger partial charge in [-0.2, -0.15) is 4.68 Å². The highest BCUT2D eigenvalue weighted by molar-refractivity contribution is 5.75. The van der Waals surface area contributed by atoms with E-state index in [0.29, 0.717) is 22.5 Å². The number of hydrogen-bond acceptors (Lipinski definition) is 8. The fraction of sp³-hybridized carbons (Fsp3) is 0.550. The number of benzene rings is 1. The summed E-state index contributed by atoms with van der Waals surface area (Å²) in [6.45, 7) is 4.93. The molecule has 0 spiro atoms. The summed E-state index contributed by atoms with van der Waals surface area (Å²) < 4.78 is 42.6. The second kappa shape index (κ2) is 9.18. The van der Waals surface area contributed by atoms with Crippen LogP contribution in [0.25, 0.3) is 5.69 Å². The molecule has 14 heteroatoms. The molecule has 11 nitrogen and oxygen atoms in total. The van der Waals surface area contributed by atoms with Crippen molar-refractivity contribution in [1.82, 2.24) is 34.5 Å². The largest absolute Gasteiger partial charge is 0.573 e. The second-order valence-electron chi connectivity index (χ2n) is 8.29. The van der Waals surface area contributed by atoms with Crippen molar-refractivity contribution >= 4 is 12.3 Å². The minimum Gasteiger partial charge on any atom is -0.406 e. The van der Waals surface area contributed by atoms with E-state index in [-0.39, 0.29) is 18.8 Å². The highest BCUT2D eigenvalue weighted by Gasteiger charge is 2.41. The van der Waals surface area contributed by atoms with Gasteiger partial charge in [-0.3, -0.25) is 14.6 Å². The van der Waals surface area contributed by atoms with E-state index in [0.717, 1.165) is 44.4 Å². The molecule has 4 rings (SSSR count). The molecule has 1 amide bonds. The average Bonchev–Trinajstić information content (AvgIpc) is 3.48. The summed E-state index contributed by atoms with van der Waals surface area (Å²) in [6, 6.07) is 3.94. The van der Waals surface area contributed by atoms with E-state index >= 15 is 0 Å². The van der Waals surface area contributed by atoms with Gasteiger partial charge in [-0.15, -0.1) is 17.9 Å². The lowest BCUT2D eigenvalue weighted by atomic mass is 10.1. The molecular weight excluding hydrogens is 459 g/mol. The van der Waals surface area contributed by atoms with Crippen LogP contribution in [0.1, 0.15) is 19.8 Å².